The molecule has 2 nitrogen and oxygen atoms in total. The van der Waals surface area contributed by atoms with Crippen LogP contribution in [0.5, 0.6) is 0 Å². The van der Waals surface area contributed by atoms with Gasteiger partial charge in [-0.15, -0.1) is 0 Å². The first-order valence-corrected chi connectivity index (χ1v) is 8.45. The summed E-state index contributed by atoms with van der Waals surface area (Å²) in [6, 6.07) is 0. The van der Waals surface area contributed by atoms with Crippen molar-refractivity contribution in [2.45, 2.75) is 90.4 Å². The Hall–Kier alpha value is -0.530. The zero-order chi connectivity index (χ0) is 13.9. The summed E-state index contributed by atoms with van der Waals surface area (Å²) in [7, 11) is 0. The Balaban J connectivity index is 1.71. The number of carboxylic acids is 1. The highest BCUT2D eigenvalue weighted by atomic mass is 16.4. The van der Waals surface area contributed by atoms with E-state index >= 15 is 0 Å². The Bertz CT molecular complexity index is 237. The van der Waals surface area contributed by atoms with Gasteiger partial charge in [-0.05, 0) is 24.7 Å². The van der Waals surface area contributed by atoms with E-state index in [4.69, 9.17) is 5.11 Å². The van der Waals surface area contributed by atoms with Gasteiger partial charge in [0.25, 0.3) is 0 Å². The molecule has 2 heteroatoms. The predicted octanol–water partition coefficient (Wildman–Crippen LogP) is 5.41. The molecule has 0 aliphatic heterocycles. The van der Waals surface area contributed by atoms with Crippen LogP contribution in [-0.2, 0) is 4.79 Å². The van der Waals surface area contributed by atoms with Crippen molar-refractivity contribution in [3.8, 4) is 0 Å². The molecule has 0 aromatic carbocycles. The fraction of sp³-hybridized carbons (Fsp3) is 0.941. The highest BCUT2D eigenvalue weighted by Crippen LogP contribution is 2.45. The van der Waals surface area contributed by atoms with Crippen LogP contribution in [0.2, 0.25) is 0 Å². The topological polar surface area (TPSA) is 37.3 Å². The van der Waals surface area contributed by atoms with Crippen molar-refractivity contribution in [2.75, 3.05) is 0 Å². The fourth-order valence-corrected chi connectivity index (χ4v) is 3.13. The van der Waals surface area contributed by atoms with Gasteiger partial charge in [0.15, 0.2) is 0 Å². The van der Waals surface area contributed by atoms with Crippen LogP contribution in [0.15, 0.2) is 0 Å². The highest BCUT2D eigenvalue weighted by molar-refractivity contribution is 5.66. The van der Waals surface area contributed by atoms with E-state index in [9.17, 15) is 4.79 Å². The Kier molecular flexibility index (Phi) is 8.94. The minimum Gasteiger partial charge on any atom is -0.481 e. The molecule has 19 heavy (non-hydrogen) atoms. The van der Waals surface area contributed by atoms with Gasteiger partial charge in [0.2, 0.25) is 0 Å². The molecule has 0 radical (unpaired) electrons. The van der Waals surface area contributed by atoms with E-state index in [0.717, 1.165) is 24.7 Å². The summed E-state index contributed by atoms with van der Waals surface area (Å²) < 4.78 is 0. The second-order valence-electron chi connectivity index (χ2n) is 6.31. The lowest BCUT2D eigenvalue weighted by molar-refractivity contribution is -0.137. The number of aliphatic carboxylic acids is 1. The molecule has 0 heterocycles. The third-order valence-corrected chi connectivity index (χ3v) is 4.44. The molecular formula is C17H32O2. The van der Waals surface area contributed by atoms with E-state index in [2.05, 4.69) is 6.92 Å². The van der Waals surface area contributed by atoms with Crippen LogP contribution >= 0.6 is 0 Å². The maximum absolute atomic E-state index is 10.3. The largest absolute Gasteiger partial charge is 0.481 e. The summed E-state index contributed by atoms with van der Waals surface area (Å²) in [5.41, 5.74) is 0. The summed E-state index contributed by atoms with van der Waals surface area (Å²) in [4.78, 5) is 10.3. The van der Waals surface area contributed by atoms with Crippen molar-refractivity contribution in [2.24, 2.45) is 11.8 Å². The van der Waals surface area contributed by atoms with Crippen LogP contribution in [0.1, 0.15) is 90.4 Å². The first-order valence-electron chi connectivity index (χ1n) is 8.45. The van der Waals surface area contributed by atoms with Crippen molar-refractivity contribution in [3.05, 3.63) is 0 Å². The van der Waals surface area contributed by atoms with Gasteiger partial charge in [0.1, 0.15) is 0 Å². The number of hydrogen-bond acceptors (Lipinski definition) is 1. The van der Waals surface area contributed by atoms with Crippen LogP contribution in [0.3, 0.4) is 0 Å². The minimum atomic E-state index is -0.651. The average Bonchev–Trinajstić information content (AvgIpc) is 3.10. The van der Waals surface area contributed by atoms with E-state index in [-0.39, 0.29) is 0 Å². The summed E-state index contributed by atoms with van der Waals surface area (Å²) in [6.07, 6.45) is 16.2. The lowest BCUT2D eigenvalue weighted by Gasteiger charge is -2.02. The van der Waals surface area contributed by atoms with Gasteiger partial charge in [-0.3, -0.25) is 4.79 Å². The molecule has 0 aromatic rings. The van der Waals surface area contributed by atoms with Crippen molar-refractivity contribution >= 4 is 5.97 Å². The zero-order valence-electron chi connectivity index (χ0n) is 12.7. The maximum atomic E-state index is 10.3. The zero-order valence-corrected chi connectivity index (χ0v) is 12.7. The average molecular weight is 268 g/mol. The van der Waals surface area contributed by atoms with Gasteiger partial charge in [-0.2, -0.15) is 0 Å². The van der Waals surface area contributed by atoms with E-state index in [1.807, 2.05) is 0 Å². The van der Waals surface area contributed by atoms with E-state index < -0.39 is 5.97 Å². The van der Waals surface area contributed by atoms with Crippen LogP contribution in [0, 0.1) is 11.8 Å². The molecular weight excluding hydrogens is 236 g/mol. The highest BCUT2D eigenvalue weighted by Gasteiger charge is 2.34. The summed E-state index contributed by atoms with van der Waals surface area (Å²) >= 11 is 0. The molecule has 0 spiro atoms. The predicted molar refractivity (Wildman–Crippen MR) is 80.3 cm³/mol. The maximum Gasteiger partial charge on any atom is 0.303 e. The molecule has 1 aliphatic carbocycles. The molecule has 0 bridgehead atoms. The lowest BCUT2D eigenvalue weighted by Crippen LogP contribution is -1.93. The van der Waals surface area contributed by atoms with Crippen molar-refractivity contribution < 1.29 is 9.90 Å². The molecule has 2 atom stereocenters. The summed E-state index contributed by atoms with van der Waals surface area (Å²) in [5, 5.41) is 8.52. The van der Waals surface area contributed by atoms with Crippen molar-refractivity contribution in [1.29, 1.82) is 0 Å². The van der Waals surface area contributed by atoms with Crippen LogP contribution in [-0.4, -0.2) is 11.1 Å². The molecule has 1 aliphatic rings. The van der Waals surface area contributed by atoms with Crippen molar-refractivity contribution in [3.63, 3.8) is 0 Å². The molecule has 1 rings (SSSR count). The van der Waals surface area contributed by atoms with Gasteiger partial charge < -0.3 is 5.11 Å². The van der Waals surface area contributed by atoms with Gasteiger partial charge in [-0.25, -0.2) is 0 Å². The Morgan fingerprint density at radius 1 is 0.895 bits per heavy atom. The van der Waals surface area contributed by atoms with Crippen LogP contribution in [0.25, 0.3) is 0 Å². The number of carbonyl (C=O) groups is 1. The third kappa shape index (κ3) is 9.07. The molecule has 1 saturated carbocycles. The number of rotatable bonds is 13. The van der Waals surface area contributed by atoms with Gasteiger partial charge >= 0.3 is 5.97 Å². The quantitative estimate of drug-likeness (QED) is 0.453. The van der Waals surface area contributed by atoms with Gasteiger partial charge in [-0.1, -0.05) is 71.1 Å². The normalized spacial score (nSPS) is 21.5. The lowest BCUT2D eigenvalue weighted by atomic mass is 10.0. The first-order chi connectivity index (χ1) is 9.24. The van der Waals surface area contributed by atoms with E-state index in [0.29, 0.717) is 6.42 Å². The second kappa shape index (κ2) is 10.3. The second-order valence-corrected chi connectivity index (χ2v) is 6.31. The minimum absolute atomic E-state index is 0.348. The van der Waals surface area contributed by atoms with Crippen LogP contribution < -0.4 is 0 Å². The summed E-state index contributed by atoms with van der Waals surface area (Å²) in [5.74, 6) is 1.51. The molecule has 1 N–H and O–H groups in total. The molecule has 0 saturated heterocycles. The number of hydrogen-bond donors (Lipinski definition) is 1. The monoisotopic (exact) mass is 268 g/mol. The van der Waals surface area contributed by atoms with Crippen molar-refractivity contribution in [1.82, 2.24) is 0 Å². The fourth-order valence-electron chi connectivity index (χ4n) is 3.13. The smallest absolute Gasteiger partial charge is 0.303 e. The number of unbranched alkanes of at least 4 members (excludes halogenated alkanes) is 7. The Labute approximate surface area is 119 Å². The SMILES string of the molecule is CCCC1CC1CCCCCCCCCCC(=O)O. The first kappa shape index (κ1) is 16.5. The van der Waals surface area contributed by atoms with Gasteiger partial charge in [0, 0.05) is 6.42 Å². The van der Waals surface area contributed by atoms with E-state index in [1.165, 1.54) is 64.2 Å². The molecule has 112 valence electrons. The molecule has 0 amide bonds. The van der Waals surface area contributed by atoms with Gasteiger partial charge in [0.05, 0.1) is 0 Å². The van der Waals surface area contributed by atoms with Crippen LogP contribution in [0.4, 0.5) is 0 Å². The van der Waals surface area contributed by atoms with E-state index in [1.54, 1.807) is 0 Å². The Morgan fingerprint density at radius 3 is 2.00 bits per heavy atom. The summed E-state index contributed by atoms with van der Waals surface area (Å²) in [6.45, 7) is 2.30. The standard InChI is InChI=1S/C17H32O2/c1-2-11-15-14-16(15)12-9-7-5-3-4-6-8-10-13-17(18)19/h15-16H,2-14H2,1H3,(H,18,19). The molecule has 2 unspecified atom stereocenters. The molecule has 1 fully saturated rings. The molecule has 0 aromatic heterocycles. The number of carboxylic acid groups (broad SMARTS) is 1. The third-order valence-electron chi connectivity index (χ3n) is 4.44. The Morgan fingerprint density at radius 2 is 1.42 bits per heavy atom.